The monoisotopic (exact) mass is 355 g/mol. The lowest BCUT2D eigenvalue weighted by atomic mass is 9.99. The summed E-state index contributed by atoms with van der Waals surface area (Å²) < 4.78 is 11.4. The van der Waals surface area contributed by atoms with Crippen LogP contribution in [0.5, 0.6) is 11.5 Å². The molecule has 1 amide bonds. The van der Waals surface area contributed by atoms with E-state index >= 15 is 0 Å². The lowest BCUT2D eigenvalue weighted by molar-refractivity contribution is -0.115. The first-order valence-electron chi connectivity index (χ1n) is 8.03. The molecule has 26 heavy (non-hydrogen) atoms. The maximum Gasteiger partial charge on any atom is 0.269 e. The first kappa shape index (κ1) is 17.5. The molecule has 8 heteroatoms. The van der Waals surface area contributed by atoms with Crippen LogP contribution >= 0.6 is 0 Å². The van der Waals surface area contributed by atoms with Crippen LogP contribution in [-0.4, -0.2) is 30.7 Å². The van der Waals surface area contributed by atoms with E-state index in [0.717, 1.165) is 17.5 Å². The third-order valence-corrected chi connectivity index (χ3v) is 4.14. The molecular formula is C18H21N5O3. The smallest absolute Gasteiger partial charge is 0.269 e. The molecule has 0 saturated carbocycles. The van der Waals surface area contributed by atoms with Crippen LogP contribution in [0.1, 0.15) is 19.4 Å². The molecule has 0 aliphatic carbocycles. The van der Waals surface area contributed by atoms with E-state index in [1.165, 1.54) is 24.3 Å². The number of aliphatic imine (C=N–C) groups is 1. The summed E-state index contributed by atoms with van der Waals surface area (Å²) in [6.45, 7) is 3.99. The van der Waals surface area contributed by atoms with Gasteiger partial charge in [0.05, 0.1) is 12.8 Å². The number of amides is 1. The zero-order valence-electron chi connectivity index (χ0n) is 14.9. The van der Waals surface area contributed by atoms with E-state index in [1.54, 1.807) is 6.07 Å². The minimum Gasteiger partial charge on any atom is -0.494 e. The maximum atomic E-state index is 12.5. The van der Waals surface area contributed by atoms with Gasteiger partial charge in [-0.2, -0.15) is 0 Å². The molecule has 2 heterocycles. The van der Waals surface area contributed by atoms with E-state index < -0.39 is 0 Å². The Bertz CT molecular complexity index is 883. The van der Waals surface area contributed by atoms with Crippen molar-refractivity contribution in [2.75, 3.05) is 12.0 Å². The van der Waals surface area contributed by atoms with Gasteiger partial charge in [0.25, 0.3) is 5.91 Å². The predicted molar refractivity (Wildman–Crippen MR) is 99.7 cm³/mol. The van der Waals surface area contributed by atoms with Gasteiger partial charge in [0, 0.05) is 24.3 Å². The average Bonchev–Trinajstić information content (AvgIpc) is 2.87. The highest BCUT2D eigenvalue weighted by atomic mass is 16.5. The van der Waals surface area contributed by atoms with Crippen molar-refractivity contribution in [1.29, 1.82) is 5.41 Å². The number of benzene rings is 1. The largest absolute Gasteiger partial charge is 0.494 e. The highest BCUT2D eigenvalue weighted by Gasteiger charge is 2.40. The maximum absolute atomic E-state index is 12.5. The number of rotatable bonds is 5. The van der Waals surface area contributed by atoms with Crippen molar-refractivity contribution in [3.05, 3.63) is 41.4 Å². The fourth-order valence-corrected chi connectivity index (χ4v) is 3.05. The summed E-state index contributed by atoms with van der Waals surface area (Å²) in [5, 5.41) is 7.46. The van der Waals surface area contributed by atoms with Gasteiger partial charge >= 0.3 is 0 Å². The molecule has 0 radical (unpaired) electrons. The highest BCUT2D eigenvalue weighted by Crippen LogP contribution is 2.45. The SMILES string of the molecule is COc1cc2c(cc1N1C(=O)C(C=N)=C1/N=C(N)\C=C/N)CC(C)(C)O2. The minimum atomic E-state index is -0.347. The van der Waals surface area contributed by atoms with Crippen LogP contribution in [0.3, 0.4) is 0 Å². The average molecular weight is 355 g/mol. The van der Waals surface area contributed by atoms with Crippen molar-refractivity contribution >= 4 is 23.6 Å². The van der Waals surface area contributed by atoms with Gasteiger partial charge in [-0.15, -0.1) is 0 Å². The topological polar surface area (TPSA) is 127 Å². The number of fused-ring (bicyclic) bond motifs is 1. The minimum absolute atomic E-state index is 0.129. The number of anilines is 1. The molecule has 8 nitrogen and oxygen atoms in total. The van der Waals surface area contributed by atoms with Gasteiger partial charge in [-0.05, 0) is 32.2 Å². The summed E-state index contributed by atoms with van der Waals surface area (Å²) in [6.07, 6.45) is 4.33. The number of ether oxygens (including phenoxy) is 2. The lowest BCUT2D eigenvalue weighted by Gasteiger charge is -2.33. The normalized spacial score (nSPS) is 18.7. The van der Waals surface area contributed by atoms with E-state index in [4.69, 9.17) is 26.4 Å². The number of nitrogens with one attached hydrogen (secondary N) is 1. The molecule has 0 bridgehead atoms. The molecule has 136 valence electrons. The van der Waals surface area contributed by atoms with E-state index in [1.807, 2.05) is 19.9 Å². The lowest BCUT2D eigenvalue weighted by Crippen LogP contribution is -2.43. The predicted octanol–water partition coefficient (Wildman–Crippen LogP) is 1.45. The second kappa shape index (κ2) is 6.21. The second-order valence-corrected chi connectivity index (χ2v) is 6.59. The van der Waals surface area contributed by atoms with Gasteiger partial charge in [0.2, 0.25) is 0 Å². The third kappa shape index (κ3) is 2.79. The van der Waals surface area contributed by atoms with E-state index in [0.29, 0.717) is 17.9 Å². The first-order valence-corrected chi connectivity index (χ1v) is 8.03. The number of carbonyl (C=O) groups excluding carboxylic acids is 1. The highest BCUT2D eigenvalue weighted by molar-refractivity contribution is 6.27. The molecule has 0 fully saturated rings. The molecule has 1 aromatic rings. The summed E-state index contributed by atoms with van der Waals surface area (Å²) in [4.78, 5) is 18.1. The molecule has 0 aromatic heterocycles. The van der Waals surface area contributed by atoms with Crippen molar-refractivity contribution < 1.29 is 14.3 Å². The van der Waals surface area contributed by atoms with E-state index in [2.05, 4.69) is 4.99 Å². The Morgan fingerprint density at radius 1 is 1.46 bits per heavy atom. The van der Waals surface area contributed by atoms with Gasteiger partial charge < -0.3 is 26.4 Å². The molecule has 5 N–H and O–H groups in total. The zero-order valence-corrected chi connectivity index (χ0v) is 14.9. The van der Waals surface area contributed by atoms with Crippen molar-refractivity contribution in [3.8, 4) is 11.5 Å². The Balaban J connectivity index is 2.09. The summed E-state index contributed by atoms with van der Waals surface area (Å²) in [5.74, 6) is 1.26. The standard InChI is InChI=1S/C18H21N5O3/c1-18(2)8-10-6-12(14(25-3)7-13(10)26-18)23-16(11(9-20)17(23)24)22-15(21)4-5-19/h4-7,9,20H,8,19H2,1-3H3,(H2,21,22)/b5-4-,20-9?. The molecular weight excluding hydrogens is 334 g/mol. The number of amidine groups is 1. The van der Waals surface area contributed by atoms with Crippen LogP contribution in [0.15, 0.2) is 40.8 Å². The quantitative estimate of drug-likeness (QED) is 0.544. The van der Waals surface area contributed by atoms with Crippen molar-refractivity contribution in [3.63, 3.8) is 0 Å². The van der Waals surface area contributed by atoms with Crippen molar-refractivity contribution in [2.45, 2.75) is 25.9 Å². The summed E-state index contributed by atoms with van der Waals surface area (Å²) in [5.41, 5.74) is 12.4. The number of methoxy groups -OCH3 is 1. The third-order valence-electron chi connectivity index (χ3n) is 4.14. The summed E-state index contributed by atoms with van der Waals surface area (Å²) >= 11 is 0. The number of nitrogens with zero attached hydrogens (tertiary/aromatic N) is 2. The number of hydrogen-bond donors (Lipinski definition) is 3. The Morgan fingerprint density at radius 2 is 2.19 bits per heavy atom. The number of nitrogens with two attached hydrogens (primary N) is 2. The van der Waals surface area contributed by atoms with E-state index in [9.17, 15) is 4.79 Å². The molecule has 0 spiro atoms. The van der Waals surface area contributed by atoms with Crippen LogP contribution in [0.25, 0.3) is 0 Å². The Morgan fingerprint density at radius 3 is 2.81 bits per heavy atom. The summed E-state index contributed by atoms with van der Waals surface area (Å²) in [6, 6.07) is 3.62. The van der Waals surface area contributed by atoms with Crippen LogP contribution in [0.2, 0.25) is 0 Å². The Labute approximate surface area is 151 Å². The molecule has 3 rings (SSSR count). The fraction of sp³-hybridized carbons (Fsp3) is 0.278. The molecule has 2 aliphatic rings. The van der Waals surface area contributed by atoms with Crippen molar-refractivity contribution in [1.82, 2.24) is 0 Å². The first-order chi connectivity index (χ1) is 12.3. The fourth-order valence-electron chi connectivity index (χ4n) is 3.05. The van der Waals surface area contributed by atoms with Crippen LogP contribution in [-0.2, 0) is 11.2 Å². The van der Waals surface area contributed by atoms with Crippen LogP contribution in [0.4, 0.5) is 5.69 Å². The zero-order chi connectivity index (χ0) is 19.1. The Kier molecular flexibility index (Phi) is 4.19. The van der Waals surface area contributed by atoms with Gasteiger partial charge in [0.1, 0.15) is 28.5 Å². The van der Waals surface area contributed by atoms with Crippen LogP contribution in [0, 0.1) is 5.41 Å². The second-order valence-electron chi connectivity index (χ2n) is 6.59. The Hall–Kier alpha value is -3.29. The van der Waals surface area contributed by atoms with E-state index in [-0.39, 0.29) is 28.7 Å². The number of carbonyl (C=O) groups is 1. The molecule has 0 unspecified atom stereocenters. The van der Waals surface area contributed by atoms with Crippen molar-refractivity contribution in [2.24, 2.45) is 16.5 Å². The summed E-state index contributed by atoms with van der Waals surface area (Å²) in [7, 11) is 1.52. The van der Waals surface area contributed by atoms with Crippen LogP contribution < -0.4 is 25.8 Å². The van der Waals surface area contributed by atoms with Gasteiger partial charge in [-0.3, -0.25) is 9.69 Å². The molecule has 1 aromatic carbocycles. The molecule has 2 aliphatic heterocycles. The number of hydrogen-bond acceptors (Lipinski definition) is 6. The van der Waals surface area contributed by atoms with Gasteiger partial charge in [-0.25, -0.2) is 4.99 Å². The molecule has 0 saturated heterocycles. The van der Waals surface area contributed by atoms with Gasteiger partial charge in [0.15, 0.2) is 5.82 Å². The van der Waals surface area contributed by atoms with Gasteiger partial charge in [-0.1, -0.05) is 0 Å². The molecule has 0 atom stereocenters.